The molecule has 1 aromatic rings. The Bertz CT molecular complexity index is 486. The Morgan fingerprint density at radius 1 is 1.41 bits per heavy atom. The van der Waals surface area contributed by atoms with E-state index in [-0.39, 0.29) is 5.91 Å². The van der Waals surface area contributed by atoms with E-state index in [4.69, 9.17) is 5.73 Å². The van der Waals surface area contributed by atoms with Crippen molar-refractivity contribution in [2.45, 2.75) is 32.7 Å². The number of nitrogens with zero attached hydrogens (tertiary/aromatic N) is 2. The van der Waals surface area contributed by atoms with Crippen LogP contribution in [0.4, 0.5) is 0 Å². The smallest absolute Gasteiger partial charge is 0.244 e. The lowest BCUT2D eigenvalue weighted by molar-refractivity contribution is -0.131. The Morgan fingerprint density at radius 2 is 2.09 bits per heavy atom. The first-order chi connectivity index (χ1) is 10.5. The van der Waals surface area contributed by atoms with Crippen LogP contribution in [0.2, 0.25) is 0 Å². The van der Waals surface area contributed by atoms with Crippen molar-refractivity contribution < 1.29 is 4.79 Å². The minimum absolute atomic E-state index is 0.0597. The zero-order chi connectivity index (χ0) is 16.1. The van der Waals surface area contributed by atoms with Crippen molar-refractivity contribution in [3.05, 3.63) is 35.4 Å². The number of likely N-dealkylation sites (tertiary alicyclic amines) is 1. The molecule has 0 spiro atoms. The minimum Gasteiger partial charge on any atom is -0.341 e. The predicted molar refractivity (Wildman–Crippen MR) is 90.6 cm³/mol. The predicted octanol–water partition coefficient (Wildman–Crippen LogP) is 2.19. The first-order valence-electron chi connectivity index (χ1n) is 8.30. The summed E-state index contributed by atoms with van der Waals surface area (Å²) in [5.74, 6) is 0.634. The second-order valence-electron chi connectivity index (χ2n) is 6.59. The van der Waals surface area contributed by atoms with Gasteiger partial charge < -0.3 is 15.5 Å². The van der Waals surface area contributed by atoms with Crippen LogP contribution < -0.4 is 5.73 Å². The Balaban J connectivity index is 1.89. The van der Waals surface area contributed by atoms with Crippen molar-refractivity contribution in [2.75, 3.05) is 33.2 Å². The molecule has 2 rings (SSSR count). The van der Waals surface area contributed by atoms with Gasteiger partial charge in [0.1, 0.15) is 6.04 Å². The molecule has 0 bridgehead atoms. The van der Waals surface area contributed by atoms with Crippen LogP contribution in [0.5, 0.6) is 0 Å². The van der Waals surface area contributed by atoms with E-state index in [0.717, 1.165) is 38.2 Å². The monoisotopic (exact) mass is 303 g/mol. The molecule has 0 aromatic heterocycles. The van der Waals surface area contributed by atoms with E-state index in [1.165, 1.54) is 12.0 Å². The molecule has 2 atom stereocenters. The summed E-state index contributed by atoms with van der Waals surface area (Å²) in [5, 5.41) is 0. The standard InChI is InChI=1S/C18H29N3O/c1-4-10-20(3)12-15-9-11-21(13-15)18(22)17(19)16-7-5-14(2)6-8-16/h5-8,15,17H,4,9-13,19H2,1-3H3. The lowest BCUT2D eigenvalue weighted by Crippen LogP contribution is -2.38. The van der Waals surface area contributed by atoms with E-state index >= 15 is 0 Å². The fourth-order valence-corrected chi connectivity index (χ4v) is 3.21. The number of amides is 1. The normalized spacial score (nSPS) is 19.7. The maximum atomic E-state index is 12.6. The topological polar surface area (TPSA) is 49.6 Å². The Kier molecular flexibility index (Phi) is 5.98. The Labute approximate surface area is 134 Å². The van der Waals surface area contributed by atoms with Crippen LogP contribution in [-0.4, -0.2) is 48.9 Å². The number of nitrogens with two attached hydrogens (primary N) is 1. The first kappa shape index (κ1) is 17.0. The van der Waals surface area contributed by atoms with Crippen molar-refractivity contribution in [3.8, 4) is 0 Å². The van der Waals surface area contributed by atoms with Gasteiger partial charge in [-0.15, -0.1) is 0 Å². The Morgan fingerprint density at radius 3 is 2.73 bits per heavy atom. The second kappa shape index (κ2) is 7.75. The van der Waals surface area contributed by atoms with E-state index in [1.54, 1.807) is 0 Å². The molecule has 4 nitrogen and oxygen atoms in total. The highest BCUT2D eigenvalue weighted by atomic mass is 16.2. The van der Waals surface area contributed by atoms with Gasteiger partial charge >= 0.3 is 0 Å². The molecule has 22 heavy (non-hydrogen) atoms. The third-order valence-electron chi connectivity index (χ3n) is 4.48. The zero-order valence-electron chi connectivity index (χ0n) is 14.1. The number of aryl methyl sites for hydroxylation is 1. The molecule has 0 aliphatic carbocycles. The third kappa shape index (κ3) is 4.31. The summed E-state index contributed by atoms with van der Waals surface area (Å²) in [7, 11) is 2.16. The average Bonchev–Trinajstić information content (AvgIpc) is 2.95. The van der Waals surface area contributed by atoms with Crippen molar-refractivity contribution in [3.63, 3.8) is 0 Å². The van der Waals surface area contributed by atoms with E-state index < -0.39 is 6.04 Å². The Hall–Kier alpha value is -1.39. The summed E-state index contributed by atoms with van der Waals surface area (Å²) in [6, 6.07) is 7.40. The van der Waals surface area contributed by atoms with E-state index in [9.17, 15) is 4.79 Å². The molecule has 0 saturated carbocycles. The van der Waals surface area contributed by atoms with Crippen LogP contribution in [0, 0.1) is 12.8 Å². The van der Waals surface area contributed by atoms with Gasteiger partial charge in [0.05, 0.1) is 0 Å². The number of hydrogen-bond acceptors (Lipinski definition) is 3. The summed E-state index contributed by atoms with van der Waals surface area (Å²) >= 11 is 0. The molecule has 1 aliphatic rings. The second-order valence-corrected chi connectivity index (χ2v) is 6.59. The summed E-state index contributed by atoms with van der Waals surface area (Å²) in [5.41, 5.74) is 8.25. The zero-order valence-corrected chi connectivity index (χ0v) is 14.1. The molecule has 1 fully saturated rings. The molecule has 1 aliphatic heterocycles. The van der Waals surface area contributed by atoms with E-state index in [2.05, 4.69) is 18.9 Å². The lowest BCUT2D eigenvalue weighted by atomic mass is 10.0. The molecule has 1 amide bonds. The average molecular weight is 303 g/mol. The summed E-state index contributed by atoms with van der Waals surface area (Å²) in [4.78, 5) is 16.9. The summed E-state index contributed by atoms with van der Waals surface area (Å²) in [6.07, 6.45) is 2.25. The molecule has 1 saturated heterocycles. The highest BCUT2D eigenvalue weighted by Gasteiger charge is 2.30. The van der Waals surface area contributed by atoms with Crippen LogP contribution in [-0.2, 0) is 4.79 Å². The van der Waals surface area contributed by atoms with Gasteiger partial charge in [0.15, 0.2) is 0 Å². The van der Waals surface area contributed by atoms with Crippen LogP contribution >= 0.6 is 0 Å². The highest BCUT2D eigenvalue weighted by molar-refractivity contribution is 5.83. The van der Waals surface area contributed by atoms with Gasteiger partial charge in [0.25, 0.3) is 0 Å². The molecule has 1 aromatic carbocycles. The van der Waals surface area contributed by atoms with Gasteiger partial charge in [0, 0.05) is 19.6 Å². The summed E-state index contributed by atoms with van der Waals surface area (Å²) in [6.45, 7) is 8.09. The largest absolute Gasteiger partial charge is 0.341 e. The minimum atomic E-state index is -0.535. The molecule has 2 unspecified atom stereocenters. The van der Waals surface area contributed by atoms with Crippen molar-refractivity contribution in [1.29, 1.82) is 0 Å². The molecule has 1 heterocycles. The quantitative estimate of drug-likeness (QED) is 0.876. The molecule has 4 heteroatoms. The molecule has 2 N–H and O–H groups in total. The highest BCUT2D eigenvalue weighted by Crippen LogP contribution is 2.21. The molecular formula is C18H29N3O. The van der Waals surface area contributed by atoms with Crippen LogP contribution in [0.3, 0.4) is 0 Å². The van der Waals surface area contributed by atoms with Gasteiger partial charge in [0.2, 0.25) is 5.91 Å². The van der Waals surface area contributed by atoms with Crippen molar-refractivity contribution in [1.82, 2.24) is 9.80 Å². The molecular weight excluding hydrogens is 274 g/mol. The van der Waals surface area contributed by atoms with Gasteiger partial charge in [-0.2, -0.15) is 0 Å². The first-order valence-corrected chi connectivity index (χ1v) is 8.30. The maximum Gasteiger partial charge on any atom is 0.244 e. The number of carbonyl (C=O) groups is 1. The fraction of sp³-hybridized carbons (Fsp3) is 0.611. The van der Waals surface area contributed by atoms with Gasteiger partial charge in [-0.25, -0.2) is 0 Å². The van der Waals surface area contributed by atoms with E-state index in [0.29, 0.717) is 5.92 Å². The number of benzene rings is 1. The van der Waals surface area contributed by atoms with Gasteiger partial charge in [-0.3, -0.25) is 4.79 Å². The molecule has 0 radical (unpaired) electrons. The van der Waals surface area contributed by atoms with Gasteiger partial charge in [-0.05, 0) is 44.8 Å². The van der Waals surface area contributed by atoms with Crippen molar-refractivity contribution >= 4 is 5.91 Å². The number of carbonyl (C=O) groups excluding carboxylic acids is 1. The number of hydrogen-bond donors (Lipinski definition) is 1. The van der Waals surface area contributed by atoms with Crippen LogP contribution in [0.1, 0.15) is 36.9 Å². The summed E-state index contributed by atoms with van der Waals surface area (Å²) < 4.78 is 0. The number of rotatable bonds is 6. The third-order valence-corrected chi connectivity index (χ3v) is 4.48. The van der Waals surface area contributed by atoms with Gasteiger partial charge in [-0.1, -0.05) is 36.8 Å². The van der Waals surface area contributed by atoms with Crippen LogP contribution in [0.15, 0.2) is 24.3 Å². The van der Waals surface area contributed by atoms with Crippen molar-refractivity contribution in [2.24, 2.45) is 11.7 Å². The van der Waals surface area contributed by atoms with Crippen LogP contribution in [0.25, 0.3) is 0 Å². The fourth-order valence-electron chi connectivity index (χ4n) is 3.21. The lowest BCUT2D eigenvalue weighted by Gasteiger charge is -2.23. The SMILES string of the molecule is CCCN(C)CC1CCN(C(=O)C(N)c2ccc(C)cc2)C1. The van der Waals surface area contributed by atoms with E-state index in [1.807, 2.05) is 36.1 Å². The molecule has 122 valence electrons. The maximum absolute atomic E-state index is 12.6.